The lowest BCUT2D eigenvalue weighted by molar-refractivity contribution is -0.127. The molecule has 0 radical (unpaired) electrons. The molecule has 0 bridgehead atoms. The zero-order valence-electron chi connectivity index (χ0n) is 15.9. The molecule has 0 saturated carbocycles. The molecule has 140 valence electrons. The van der Waals surface area contributed by atoms with Gasteiger partial charge in [-0.25, -0.2) is 0 Å². The van der Waals surface area contributed by atoms with Crippen LogP contribution in [0, 0.1) is 5.92 Å². The first-order valence-corrected chi connectivity index (χ1v) is 9.02. The zero-order chi connectivity index (χ0) is 17.8. The summed E-state index contributed by atoms with van der Waals surface area (Å²) in [6, 6.07) is 0. The average Bonchev–Trinajstić information content (AvgIpc) is 2.56. The Kier molecular flexibility index (Phi) is 23.2. The predicted molar refractivity (Wildman–Crippen MR) is 94.0 cm³/mol. The number of rotatable bonds is 16. The van der Waals surface area contributed by atoms with Crippen LogP contribution in [-0.2, 0) is 23.7 Å². The third kappa shape index (κ3) is 21.5. The van der Waals surface area contributed by atoms with Gasteiger partial charge in [0.25, 0.3) is 0 Å². The van der Waals surface area contributed by atoms with Crippen molar-refractivity contribution < 1.29 is 23.7 Å². The number of unbranched alkanes of at least 4 members (excludes halogenated alkanes) is 2. The van der Waals surface area contributed by atoms with Gasteiger partial charge in [-0.05, 0) is 6.42 Å². The van der Waals surface area contributed by atoms with E-state index < -0.39 is 0 Å². The summed E-state index contributed by atoms with van der Waals surface area (Å²) in [5, 5.41) is 0. The van der Waals surface area contributed by atoms with E-state index in [9.17, 15) is 4.79 Å². The maximum absolute atomic E-state index is 11.3. The van der Waals surface area contributed by atoms with E-state index in [1.807, 2.05) is 27.7 Å². The third-order valence-electron chi connectivity index (χ3n) is 2.90. The van der Waals surface area contributed by atoms with Gasteiger partial charge in [-0.1, -0.05) is 47.5 Å². The van der Waals surface area contributed by atoms with Gasteiger partial charge in [-0.2, -0.15) is 0 Å². The summed E-state index contributed by atoms with van der Waals surface area (Å²) in [5.41, 5.74) is 0. The average molecular weight is 334 g/mol. The monoisotopic (exact) mass is 334 g/mol. The minimum atomic E-state index is 0.0310. The SMILES string of the molecule is CC.CCCCCOCCOCCOCCOCC(=O)C(C)C. The second-order valence-electron chi connectivity index (χ2n) is 5.22. The van der Waals surface area contributed by atoms with Crippen LogP contribution in [0.4, 0.5) is 0 Å². The van der Waals surface area contributed by atoms with Crippen LogP contribution in [0.3, 0.4) is 0 Å². The summed E-state index contributed by atoms with van der Waals surface area (Å²) in [7, 11) is 0. The molecule has 0 fully saturated rings. The highest BCUT2D eigenvalue weighted by Gasteiger charge is 2.06. The molecule has 0 rings (SSSR count). The van der Waals surface area contributed by atoms with E-state index in [0.717, 1.165) is 13.0 Å². The summed E-state index contributed by atoms with van der Waals surface area (Å²) in [6.07, 6.45) is 3.56. The standard InChI is InChI=1S/C16H32O5.C2H6/c1-4-5-6-7-18-8-9-19-10-11-20-12-13-21-14-16(17)15(2)3;1-2/h15H,4-14H2,1-3H3;1-2H3. The molecule has 0 aliphatic rings. The smallest absolute Gasteiger partial charge is 0.160 e. The van der Waals surface area contributed by atoms with Crippen LogP contribution >= 0.6 is 0 Å². The molecule has 0 amide bonds. The molecule has 0 saturated heterocycles. The van der Waals surface area contributed by atoms with Crippen molar-refractivity contribution in [3.63, 3.8) is 0 Å². The first kappa shape index (κ1) is 24.8. The molecule has 0 aromatic carbocycles. The maximum atomic E-state index is 11.3. The number of ketones is 1. The lowest BCUT2D eigenvalue weighted by atomic mass is 10.1. The lowest BCUT2D eigenvalue weighted by Crippen LogP contribution is -2.17. The van der Waals surface area contributed by atoms with Gasteiger partial charge in [-0.3, -0.25) is 4.79 Å². The molecule has 23 heavy (non-hydrogen) atoms. The Hall–Kier alpha value is -0.490. The Balaban J connectivity index is 0. The van der Waals surface area contributed by atoms with Gasteiger partial charge in [-0.15, -0.1) is 0 Å². The van der Waals surface area contributed by atoms with Gasteiger partial charge < -0.3 is 18.9 Å². The molecule has 0 N–H and O–H groups in total. The number of carbonyl (C=O) groups is 1. The Morgan fingerprint density at radius 1 is 0.739 bits per heavy atom. The minimum absolute atomic E-state index is 0.0310. The van der Waals surface area contributed by atoms with Gasteiger partial charge in [0.1, 0.15) is 6.61 Å². The second-order valence-corrected chi connectivity index (χ2v) is 5.22. The number of hydrogen-bond acceptors (Lipinski definition) is 5. The van der Waals surface area contributed by atoms with Crippen LogP contribution in [0.2, 0.25) is 0 Å². The maximum Gasteiger partial charge on any atom is 0.160 e. The van der Waals surface area contributed by atoms with Crippen molar-refractivity contribution in [3.05, 3.63) is 0 Å². The van der Waals surface area contributed by atoms with Gasteiger partial charge >= 0.3 is 0 Å². The van der Waals surface area contributed by atoms with Crippen molar-refractivity contribution in [2.24, 2.45) is 5.92 Å². The van der Waals surface area contributed by atoms with E-state index in [1.165, 1.54) is 12.8 Å². The highest BCUT2D eigenvalue weighted by Crippen LogP contribution is 1.95. The second kappa shape index (κ2) is 21.5. The van der Waals surface area contributed by atoms with Crippen LogP contribution < -0.4 is 0 Å². The fourth-order valence-corrected chi connectivity index (χ4v) is 1.45. The van der Waals surface area contributed by atoms with Crippen molar-refractivity contribution in [2.45, 2.75) is 53.9 Å². The molecule has 5 nitrogen and oxygen atoms in total. The van der Waals surface area contributed by atoms with Gasteiger partial charge in [0.2, 0.25) is 0 Å². The Morgan fingerprint density at radius 2 is 1.17 bits per heavy atom. The van der Waals surface area contributed by atoms with Crippen LogP contribution in [0.1, 0.15) is 53.9 Å². The van der Waals surface area contributed by atoms with Crippen molar-refractivity contribution in [2.75, 3.05) is 52.9 Å². The number of hydrogen-bond donors (Lipinski definition) is 0. The van der Waals surface area contributed by atoms with Crippen LogP contribution in [-0.4, -0.2) is 58.6 Å². The van der Waals surface area contributed by atoms with Crippen molar-refractivity contribution in [3.8, 4) is 0 Å². The lowest BCUT2D eigenvalue weighted by Gasteiger charge is -2.08. The fraction of sp³-hybridized carbons (Fsp3) is 0.944. The third-order valence-corrected chi connectivity index (χ3v) is 2.90. The van der Waals surface area contributed by atoms with Gasteiger partial charge in [0.05, 0.1) is 39.6 Å². The molecule has 0 aliphatic heterocycles. The summed E-state index contributed by atoms with van der Waals surface area (Å²) >= 11 is 0. The Bertz CT molecular complexity index is 231. The van der Waals surface area contributed by atoms with E-state index >= 15 is 0 Å². The number of Topliss-reactive ketones (excluding diaryl/α,β-unsaturated/α-hetero) is 1. The molecular weight excluding hydrogens is 296 g/mol. The predicted octanol–water partition coefficient (Wildman–Crippen LogP) is 3.49. The van der Waals surface area contributed by atoms with Crippen molar-refractivity contribution in [1.82, 2.24) is 0 Å². The Morgan fingerprint density at radius 3 is 1.61 bits per heavy atom. The summed E-state index contributed by atoms with van der Waals surface area (Å²) in [6.45, 7) is 14.2. The fourth-order valence-electron chi connectivity index (χ4n) is 1.45. The molecule has 0 aliphatic carbocycles. The van der Waals surface area contributed by atoms with Gasteiger partial charge in [0, 0.05) is 12.5 Å². The Labute approximate surface area is 143 Å². The molecule has 0 atom stereocenters. The normalized spacial score (nSPS) is 10.5. The molecule has 0 aromatic rings. The van der Waals surface area contributed by atoms with Gasteiger partial charge in [0.15, 0.2) is 5.78 Å². The quantitative estimate of drug-likeness (QED) is 0.404. The first-order valence-electron chi connectivity index (χ1n) is 9.02. The van der Waals surface area contributed by atoms with Crippen molar-refractivity contribution >= 4 is 5.78 Å². The molecule has 0 heterocycles. The summed E-state index contributed by atoms with van der Waals surface area (Å²) in [4.78, 5) is 11.3. The van der Waals surface area contributed by atoms with E-state index in [0.29, 0.717) is 39.6 Å². The van der Waals surface area contributed by atoms with E-state index in [4.69, 9.17) is 18.9 Å². The molecule has 0 aromatic heterocycles. The topological polar surface area (TPSA) is 54.0 Å². The number of ether oxygens (including phenoxy) is 4. The summed E-state index contributed by atoms with van der Waals surface area (Å²) in [5.74, 6) is 0.153. The first-order chi connectivity index (χ1) is 11.2. The molecule has 5 heteroatoms. The van der Waals surface area contributed by atoms with E-state index in [-0.39, 0.29) is 18.3 Å². The van der Waals surface area contributed by atoms with Crippen LogP contribution in [0.5, 0.6) is 0 Å². The van der Waals surface area contributed by atoms with Crippen LogP contribution in [0.15, 0.2) is 0 Å². The molecular formula is C18H38O5. The van der Waals surface area contributed by atoms with Crippen LogP contribution in [0.25, 0.3) is 0 Å². The number of carbonyl (C=O) groups excluding carboxylic acids is 1. The van der Waals surface area contributed by atoms with E-state index in [2.05, 4.69) is 6.92 Å². The molecule has 0 unspecified atom stereocenters. The minimum Gasteiger partial charge on any atom is -0.379 e. The summed E-state index contributed by atoms with van der Waals surface area (Å²) < 4.78 is 21.3. The highest BCUT2D eigenvalue weighted by molar-refractivity contribution is 5.81. The highest BCUT2D eigenvalue weighted by atomic mass is 16.6. The van der Waals surface area contributed by atoms with Crippen molar-refractivity contribution in [1.29, 1.82) is 0 Å². The largest absolute Gasteiger partial charge is 0.379 e. The zero-order valence-corrected chi connectivity index (χ0v) is 15.9. The van der Waals surface area contributed by atoms with E-state index in [1.54, 1.807) is 0 Å². The molecule has 0 spiro atoms.